The summed E-state index contributed by atoms with van der Waals surface area (Å²) in [5, 5.41) is 12.3. The molecule has 0 radical (unpaired) electrons. The summed E-state index contributed by atoms with van der Waals surface area (Å²) < 4.78 is 15.3. The number of pyridine rings is 6. The zero-order chi connectivity index (χ0) is 93.5. The molecule has 0 N–H and O–H groups in total. The first-order valence-corrected chi connectivity index (χ1v) is 46.7. The topological polar surface area (TPSA) is 142 Å². The lowest BCUT2D eigenvalue weighted by atomic mass is 9.96. The first-order valence-electron chi connectivity index (χ1n) is 46.7. The van der Waals surface area contributed by atoms with Crippen LogP contribution < -0.4 is 33.4 Å². The van der Waals surface area contributed by atoms with Crippen LogP contribution in [0.3, 0.4) is 0 Å². The van der Waals surface area contributed by atoms with Gasteiger partial charge in [0, 0.05) is 109 Å². The van der Waals surface area contributed by atoms with Gasteiger partial charge in [-0.1, -0.05) is 267 Å². The van der Waals surface area contributed by atoms with Crippen LogP contribution in [0.15, 0.2) is 502 Å². The molecule has 0 saturated carbocycles. The largest absolute Gasteiger partial charge is 0.309 e. The number of fused-ring (bicyclic) bond motifs is 6. The standard InChI is InChI=1S/C50H30N4O2.C50H32N2O2.C26H16N2O2/c55-49-37-19-11-20-38-47(37)48-45(53(49)33-25-27-43-39(29-33)35-17-7-9-21-41(35)51(43)31-13-3-1-4-14-31)23-12-24-46(48)54(50(38)56)34-26-28-44-40(30-34)36-18-8-10-22-42(36)52(44)32-15-5-2-6-16-32;53-49-43-23-13-24-44-47(43)48-45(51(49)41-29-37(33-15-5-1-6-16-33)27-38(30-41)34-17-7-2-8-18-34)25-14-26-46(48)52(50(44)54)42-31-39(35-19-9-3-10-20-35)28-40(32-42)36-21-11-4-12-22-36;29-25-19-13-7-14-20-23(19)24-21(27(25)17-9-3-1-4-10-17)15-8-16-22(24)28(26(20)30)18-11-5-2-6-12-18/h1-30H;1-32H;1-16H. The molecule has 0 amide bonds. The average molecular weight is 1800 g/mol. The van der Waals surface area contributed by atoms with Crippen molar-refractivity contribution in [3.8, 4) is 90.0 Å². The molecule has 0 fully saturated rings. The van der Waals surface area contributed by atoms with Crippen molar-refractivity contribution < 1.29 is 0 Å². The van der Waals surface area contributed by atoms with E-state index in [9.17, 15) is 28.8 Å². The van der Waals surface area contributed by atoms with Crippen LogP contribution in [0.4, 0.5) is 0 Å². The molecule has 0 aliphatic heterocycles. The van der Waals surface area contributed by atoms with Crippen molar-refractivity contribution in [1.82, 2.24) is 36.5 Å². The number of benzene rings is 20. The predicted octanol–water partition coefficient (Wildman–Crippen LogP) is 27.5. The minimum Gasteiger partial charge on any atom is -0.309 e. The van der Waals surface area contributed by atoms with E-state index in [1.54, 1.807) is 15.2 Å². The third kappa shape index (κ3) is 13.0. The van der Waals surface area contributed by atoms with Crippen LogP contribution in [0.2, 0.25) is 0 Å². The van der Waals surface area contributed by atoms with Crippen molar-refractivity contribution >= 4 is 141 Å². The van der Waals surface area contributed by atoms with E-state index in [2.05, 4.69) is 215 Å². The first-order chi connectivity index (χ1) is 69.0. The van der Waals surface area contributed by atoms with E-state index in [0.717, 1.165) is 188 Å². The maximum Gasteiger partial charge on any atom is 0.263 e. The first kappa shape index (κ1) is 81.6. The van der Waals surface area contributed by atoms with Crippen LogP contribution in [0.25, 0.3) is 231 Å². The van der Waals surface area contributed by atoms with Crippen molar-refractivity contribution in [2.75, 3.05) is 0 Å². The third-order valence-corrected chi connectivity index (χ3v) is 27.7. The van der Waals surface area contributed by atoms with E-state index in [1.807, 2.05) is 279 Å². The summed E-state index contributed by atoms with van der Waals surface area (Å²) in [6.45, 7) is 0. The lowest BCUT2D eigenvalue weighted by Gasteiger charge is -2.21. The molecule has 140 heavy (non-hydrogen) atoms. The summed E-state index contributed by atoms with van der Waals surface area (Å²) in [6, 6.07) is 157. The van der Waals surface area contributed by atoms with Gasteiger partial charge in [-0.05, 0) is 251 Å². The Morgan fingerprint density at radius 2 is 0.300 bits per heavy atom. The SMILES string of the molecule is O=c1c2cccc3c(=O)n(-c4cc(-c5ccccc5)cc(-c5ccccc5)c4)c4cccc(c4c23)n1-c1cc(-c2ccccc2)cc(-c2ccccc2)c1.O=c1c2cccc3c(=O)n(-c4ccc5c(c4)c4ccccc4n5-c4ccccc4)c4cccc(c4c23)n1-c1ccc2c(c1)c1ccccc1n2-c1ccccc1.O=c1c2cccc3c(=O)n(-c4ccccc4)c4cccc(c4c23)n1-c1ccccc1. The highest BCUT2D eigenvalue weighted by atomic mass is 16.2. The summed E-state index contributed by atoms with van der Waals surface area (Å²) in [6.07, 6.45) is 0. The fourth-order valence-electron chi connectivity index (χ4n) is 21.7. The Bertz CT molecular complexity index is 9590. The molecule has 20 aromatic carbocycles. The normalized spacial score (nSPS) is 11.7. The Labute approximate surface area is 797 Å². The lowest BCUT2D eigenvalue weighted by molar-refractivity contribution is 1.04. The minimum atomic E-state index is -0.167. The van der Waals surface area contributed by atoms with Gasteiger partial charge in [0.25, 0.3) is 33.4 Å². The van der Waals surface area contributed by atoms with E-state index in [-0.39, 0.29) is 33.4 Å². The Morgan fingerprint density at radius 1 is 0.107 bits per heavy atom. The number of hydrogen-bond acceptors (Lipinski definition) is 6. The molecule has 0 aliphatic rings. The highest BCUT2D eigenvalue weighted by Gasteiger charge is 2.28. The average Bonchev–Trinajstić information content (AvgIpc) is 1.85. The van der Waals surface area contributed by atoms with Gasteiger partial charge in [0.15, 0.2) is 0 Å². The Hall–Kier alpha value is -19.2. The van der Waals surface area contributed by atoms with Gasteiger partial charge in [0.1, 0.15) is 0 Å². The molecule has 658 valence electrons. The van der Waals surface area contributed by atoms with Gasteiger partial charge in [0.05, 0.1) is 77.9 Å². The molecule has 8 heterocycles. The third-order valence-electron chi connectivity index (χ3n) is 27.7. The van der Waals surface area contributed by atoms with Crippen LogP contribution in [0.5, 0.6) is 0 Å². The van der Waals surface area contributed by atoms with Crippen molar-refractivity contribution in [2.45, 2.75) is 0 Å². The fourth-order valence-corrected chi connectivity index (χ4v) is 21.7. The second-order valence-corrected chi connectivity index (χ2v) is 35.5. The van der Waals surface area contributed by atoms with Crippen molar-refractivity contribution in [3.05, 3.63) is 535 Å². The number of nitrogens with zero attached hydrogens (tertiary/aromatic N) is 8. The summed E-state index contributed by atoms with van der Waals surface area (Å²) in [4.78, 5) is 86.2. The number of aromatic nitrogens is 8. The molecule has 8 aromatic heterocycles. The summed E-state index contributed by atoms with van der Waals surface area (Å²) in [5.74, 6) is 0. The van der Waals surface area contributed by atoms with E-state index in [0.29, 0.717) is 43.1 Å². The number of rotatable bonds is 12. The van der Waals surface area contributed by atoms with Gasteiger partial charge in [-0.25, -0.2) is 0 Å². The molecule has 0 bridgehead atoms. The molecular formula is C126H78N8O6. The second kappa shape index (κ2) is 32.9. The van der Waals surface area contributed by atoms with Crippen LogP contribution >= 0.6 is 0 Å². The van der Waals surface area contributed by atoms with Gasteiger partial charge < -0.3 is 9.13 Å². The Kier molecular flexibility index (Phi) is 19.2. The van der Waals surface area contributed by atoms with E-state index >= 15 is 0 Å². The van der Waals surface area contributed by atoms with Gasteiger partial charge in [-0.3, -0.25) is 56.2 Å². The molecular weight excluding hydrogens is 1720 g/mol. The van der Waals surface area contributed by atoms with Crippen molar-refractivity contribution in [3.63, 3.8) is 0 Å². The van der Waals surface area contributed by atoms with Gasteiger partial charge in [0.2, 0.25) is 0 Å². The highest BCUT2D eigenvalue weighted by molar-refractivity contribution is 6.25. The minimum absolute atomic E-state index is 0.122. The van der Waals surface area contributed by atoms with Crippen LogP contribution in [0.1, 0.15) is 0 Å². The summed E-state index contributed by atoms with van der Waals surface area (Å²) in [7, 11) is 0. The highest BCUT2D eigenvalue weighted by Crippen LogP contribution is 2.44. The van der Waals surface area contributed by atoms with Gasteiger partial charge in [-0.2, -0.15) is 0 Å². The monoisotopic (exact) mass is 1800 g/mol. The van der Waals surface area contributed by atoms with E-state index < -0.39 is 0 Å². The maximum atomic E-state index is 14.8. The van der Waals surface area contributed by atoms with Gasteiger partial charge >= 0.3 is 0 Å². The van der Waals surface area contributed by atoms with Crippen molar-refractivity contribution in [1.29, 1.82) is 0 Å². The smallest absolute Gasteiger partial charge is 0.263 e. The quantitative estimate of drug-likeness (QED) is 0.112. The van der Waals surface area contributed by atoms with E-state index in [4.69, 9.17) is 0 Å². The molecule has 28 aromatic rings. The number of hydrogen-bond donors (Lipinski definition) is 0. The molecule has 0 unspecified atom stereocenters. The summed E-state index contributed by atoms with van der Waals surface area (Å²) >= 11 is 0. The zero-order valence-electron chi connectivity index (χ0n) is 75.1. The van der Waals surface area contributed by atoms with Gasteiger partial charge in [-0.15, -0.1) is 0 Å². The number of para-hydroxylation sites is 6. The molecule has 0 spiro atoms. The summed E-state index contributed by atoms with van der Waals surface area (Å²) in [5.41, 5.74) is 23.0. The Morgan fingerprint density at radius 3 is 0.564 bits per heavy atom. The van der Waals surface area contributed by atoms with E-state index in [1.165, 1.54) is 0 Å². The van der Waals surface area contributed by atoms with Crippen LogP contribution in [-0.2, 0) is 0 Å². The molecule has 28 rings (SSSR count). The maximum absolute atomic E-state index is 14.8. The fraction of sp³-hybridized carbons (Fsp3) is 0. The predicted molar refractivity (Wildman–Crippen MR) is 574 cm³/mol. The lowest BCUT2D eigenvalue weighted by Crippen LogP contribution is -2.24. The molecule has 14 nitrogen and oxygen atoms in total. The molecule has 0 saturated heterocycles. The van der Waals surface area contributed by atoms with Crippen LogP contribution in [0, 0.1) is 0 Å². The molecule has 14 heteroatoms. The second-order valence-electron chi connectivity index (χ2n) is 35.5. The molecule has 0 aliphatic carbocycles. The Balaban J connectivity index is 0.000000113. The van der Waals surface area contributed by atoms with Crippen LogP contribution in [-0.4, -0.2) is 36.5 Å². The molecule has 0 atom stereocenters. The van der Waals surface area contributed by atoms with Crippen molar-refractivity contribution in [2.24, 2.45) is 0 Å². The zero-order valence-corrected chi connectivity index (χ0v) is 75.1.